The van der Waals surface area contributed by atoms with Gasteiger partial charge in [-0.2, -0.15) is 4.72 Å². The van der Waals surface area contributed by atoms with Gasteiger partial charge in [0, 0.05) is 0 Å². The summed E-state index contributed by atoms with van der Waals surface area (Å²) in [7, 11) is -3.89. The van der Waals surface area contributed by atoms with Gasteiger partial charge >= 0.3 is 5.97 Å². The van der Waals surface area contributed by atoms with Crippen LogP contribution in [0.25, 0.3) is 0 Å². The van der Waals surface area contributed by atoms with E-state index in [4.69, 9.17) is 0 Å². The van der Waals surface area contributed by atoms with Crippen molar-refractivity contribution in [2.75, 3.05) is 0 Å². The first-order chi connectivity index (χ1) is 9.49. The molecule has 0 aromatic heterocycles. The Balaban J connectivity index is 0.00000441. The highest BCUT2D eigenvalue weighted by Crippen LogP contribution is 2.26. The molecule has 1 aromatic carbocycles. The van der Waals surface area contributed by atoms with Crippen LogP contribution in [0.15, 0.2) is 11.0 Å². The first-order valence-electron chi connectivity index (χ1n) is 6.81. The molecule has 0 fully saturated rings. The number of carboxylic acids is 1. The number of nitrogens with one attached hydrogen (secondary N) is 1. The predicted molar refractivity (Wildman–Crippen MR) is 85.6 cm³/mol. The zero-order valence-corrected chi connectivity index (χ0v) is 14.6. The van der Waals surface area contributed by atoms with Crippen LogP contribution in [0.2, 0.25) is 0 Å². The number of benzene rings is 1. The third-order valence-electron chi connectivity index (χ3n) is 3.78. The second-order valence-corrected chi connectivity index (χ2v) is 7.42. The van der Waals surface area contributed by atoms with Crippen molar-refractivity contribution in [1.29, 1.82) is 0 Å². The van der Waals surface area contributed by atoms with E-state index in [1.807, 2.05) is 19.9 Å². The number of sulfonamides is 1. The maximum Gasteiger partial charge on any atom is 0.322 e. The molecule has 0 unspecified atom stereocenters. The first-order valence-corrected chi connectivity index (χ1v) is 8.30. The van der Waals surface area contributed by atoms with Crippen molar-refractivity contribution in [3.63, 3.8) is 0 Å². The third kappa shape index (κ3) is 4.06. The molecule has 0 saturated heterocycles. The SMILES string of the molecule is Cc1cc(C)c(C)c(S(=O)(=O)N[C@H](C(=O)O)C(C)C)c1C.O. The predicted octanol–water partition coefficient (Wildman–Crippen LogP) is 1.48. The van der Waals surface area contributed by atoms with E-state index in [-0.39, 0.29) is 16.3 Å². The van der Waals surface area contributed by atoms with E-state index in [9.17, 15) is 18.3 Å². The largest absolute Gasteiger partial charge is 0.480 e. The smallest absolute Gasteiger partial charge is 0.322 e. The normalized spacial score (nSPS) is 12.9. The van der Waals surface area contributed by atoms with Crippen LogP contribution in [-0.4, -0.2) is 31.0 Å². The van der Waals surface area contributed by atoms with Crippen molar-refractivity contribution in [3.05, 3.63) is 28.3 Å². The number of aliphatic carboxylic acids is 1. The van der Waals surface area contributed by atoms with E-state index in [1.165, 1.54) is 0 Å². The minimum atomic E-state index is -3.89. The van der Waals surface area contributed by atoms with E-state index < -0.39 is 22.0 Å². The lowest BCUT2D eigenvalue weighted by Crippen LogP contribution is -2.44. The lowest BCUT2D eigenvalue weighted by Gasteiger charge is -2.21. The summed E-state index contributed by atoms with van der Waals surface area (Å²) in [5.74, 6) is -1.52. The monoisotopic (exact) mass is 331 g/mol. The lowest BCUT2D eigenvalue weighted by atomic mass is 10.0. The Morgan fingerprint density at radius 3 is 1.82 bits per heavy atom. The quantitative estimate of drug-likeness (QED) is 0.850. The highest BCUT2D eigenvalue weighted by molar-refractivity contribution is 7.89. The molecule has 0 bridgehead atoms. The highest BCUT2D eigenvalue weighted by atomic mass is 32.2. The minimum absolute atomic E-state index is 0. The van der Waals surface area contributed by atoms with Gasteiger partial charge in [0.1, 0.15) is 6.04 Å². The van der Waals surface area contributed by atoms with E-state index >= 15 is 0 Å². The Morgan fingerprint density at radius 2 is 1.50 bits per heavy atom. The minimum Gasteiger partial charge on any atom is -0.480 e. The van der Waals surface area contributed by atoms with Gasteiger partial charge in [-0.25, -0.2) is 8.42 Å². The molecule has 0 amide bonds. The molecule has 1 rings (SSSR count). The molecule has 0 aliphatic rings. The molecule has 0 heterocycles. The summed E-state index contributed by atoms with van der Waals surface area (Å²) in [5.41, 5.74) is 3.04. The summed E-state index contributed by atoms with van der Waals surface area (Å²) in [4.78, 5) is 11.4. The van der Waals surface area contributed by atoms with Crippen LogP contribution in [0.5, 0.6) is 0 Å². The molecule has 4 N–H and O–H groups in total. The number of carbonyl (C=O) groups is 1. The highest BCUT2D eigenvalue weighted by Gasteiger charge is 2.30. The number of hydrogen-bond donors (Lipinski definition) is 2. The van der Waals surface area contributed by atoms with Gasteiger partial charge in [0.15, 0.2) is 0 Å². The molecule has 7 heteroatoms. The molecule has 6 nitrogen and oxygen atoms in total. The molecular weight excluding hydrogens is 306 g/mol. The van der Waals surface area contributed by atoms with Gasteiger partial charge in [0.2, 0.25) is 10.0 Å². The van der Waals surface area contributed by atoms with Gasteiger partial charge < -0.3 is 10.6 Å². The molecular formula is C15H25NO5S. The standard InChI is InChI=1S/C15H23NO4S.H2O/c1-8(2)13(15(17)18)16-21(19,20)14-11(5)9(3)7-10(4)12(14)6;/h7-8,13,16H,1-6H3,(H,17,18);1H2/t13-;/m0./s1. The van der Waals surface area contributed by atoms with Crippen molar-refractivity contribution in [2.24, 2.45) is 5.92 Å². The lowest BCUT2D eigenvalue weighted by molar-refractivity contribution is -0.140. The van der Waals surface area contributed by atoms with Crippen molar-refractivity contribution in [2.45, 2.75) is 52.5 Å². The third-order valence-corrected chi connectivity index (χ3v) is 5.49. The molecule has 126 valence electrons. The summed E-state index contributed by atoms with van der Waals surface area (Å²) < 4.78 is 27.6. The number of hydrogen-bond acceptors (Lipinski definition) is 3. The van der Waals surface area contributed by atoms with E-state index in [2.05, 4.69) is 4.72 Å². The second kappa shape index (κ2) is 7.21. The summed E-state index contributed by atoms with van der Waals surface area (Å²) in [6.45, 7) is 10.5. The van der Waals surface area contributed by atoms with Gasteiger partial charge in [-0.05, 0) is 55.9 Å². The zero-order chi connectivity index (χ0) is 16.5. The topological polar surface area (TPSA) is 115 Å². The summed E-state index contributed by atoms with van der Waals surface area (Å²) in [6.07, 6.45) is 0. The van der Waals surface area contributed by atoms with E-state index in [0.29, 0.717) is 11.1 Å². The maximum absolute atomic E-state index is 12.6. The molecule has 1 aromatic rings. The average Bonchev–Trinajstić information content (AvgIpc) is 2.33. The van der Waals surface area contributed by atoms with Crippen LogP contribution < -0.4 is 4.72 Å². The molecule has 0 aliphatic carbocycles. The van der Waals surface area contributed by atoms with Crippen molar-refractivity contribution < 1.29 is 23.8 Å². The Bertz CT molecular complexity index is 639. The molecule has 0 radical (unpaired) electrons. The van der Waals surface area contributed by atoms with Crippen molar-refractivity contribution in [1.82, 2.24) is 4.72 Å². The molecule has 0 spiro atoms. The van der Waals surface area contributed by atoms with Crippen molar-refractivity contribution >= 4 is 16.0 Å². The first kappa shape index (κ1) is 20.6. The van der Waals surface area contributed by atoms with Crippen LogP contribution in [0.4, 0.5) is 0 Å². The Hall–Kier alpha value is -1.44. The van der Waals surface area contributed by atoms with Gasteiger partial charge in [0.25, 0.3) is 0 Å². The fourth-order valence-corrected chi connectivity index (χ4v) is 4.23. The van der Waals surface area contributed by atoms with Crippen LogP contribution in [0.1, 0.15) is 36.1 Å². The van der Waals surface area contributed by atoms with Gasteiger partial charge in [-0.3, -0.25) is 4.79 Å². The average molecular weight is 331 g/mol. The Labute approximate surface area is 131 Å². The maximum atomic E-state index is 12.6. The van der Waals surface area contributed by atoms with Crippen LogP contribution in [-0.2, 0) is 14.8 Å². The molecule has 22 heavy (non-hydrogen) atoms. The Kier molecular flexibility index (Phi) is 6.74. The molecule has 1 atom stereocenters. The van der Waals surface area contributed by atoms with Crippen molar-refractivity contribution in [3.8, 4) is 0 Å². The van der Waals surface area contributed by atoms with Crippen LogP contribution >= 0.6 is 0 Å². The van der Waals surface area contributed by atoms with E-state index in [1.54, 1.807) is 27.7 Å². The summed E-state index contributed by atoms with van der Waals surface area (Å²) in [6, 6.07) is 0.787. The van der Waals surface area contributed by atoms with Crippen LogP contribution in [0, 0.1) is 33.6 Å². The van der Waals surface area contributed by atoms with Gasteiger partial charge in [-0.1, -0.05) is 19.9 Å². The fourth-order valence-electron chi connectivity index (χ4n) is 2.28. The fraction of sp³-hybridized carbons (Fsp3) is 0.533. The summed E-state index contributed by atoms with van der Waals surface area (Å²) >= 11 is 0. The zero-order valence-electron chi connectivity index (χ0n) is 13.8. The van der Waals surface area contributed by atoms with Gasteiger partial charge in [0.05, 0.1) is 4.90 Å². The van der Waals surface area contributed by atoms with Crippen LogP contribution in [0.3, 0.4) is 0 Å². The number of rotatable bonds is 5. The summed E-state index contributed by atoms with van der Waals surface area (Å²) in [5, 5.41) is 9.17. The second-order valence-electron chi connectivity index (χ2n) is 5.77. The number of carboxylic acid groups (broad SMARTS) is 1. The Morgan fingerprint density at radius 1 is 1.09 bits per heavy atom. The number of aryl methyl sites for hydroxylation is 2. The molecule has 0 saturated carbocycles. The van der Waals surface area contributed by atoms with Gasteiger partial charge in [-0.15, -0.1) is 0 Å². The van der Waals surface area contributed by atoms with E-state index in [0.717, 1.165) is 11.1 Å². The molecule has 0 aliphatic heterocycles.